The van der Waals surface area contributed by atoms with Gasteiger partial charge in [0.1, 0.15) is 0 Å². The topological polar surface area (TPSA) is 21.3 Å². The monoisotopic (exact) mass is 183 g/mol. The summed E-state index contributed by atoms with van der Waals surface area (Å²) in [6.07, 6.45) is 5.40. The molecule has 76 valence electrons. The van der Waals surface area contributed by atoms with Gasteiger partial charge in [-0.3, -0.25) is 5.32 Å². The third-order valence-corrected chi connectivity index (χ3v) is 2.06. The second-order valence-corrected chi connectivity index (χ2v) is 4.22. The molecule has 0 rings (SSSR count). The van der Waals surface area contributed by atoms with Gasteiger partial charge in [0.05, 0.1) is 12.1 Å². The number of rotatable bonds is 5. The van der Waals surface area contributed by atoms with Crippen molar-refractivity contribution < 1.29 is 4.74 Å². The van der Waals surface area contributed by atoms with E-state index < -0.39 is 0 Å². The molecule has 0 spiro atoms. The summed E-state index contributed by atoms with van der Waals surface area (Å²) < 4.78 is 5.12. The molecule has 0 aliphatic carbocycles. The first kappa shape index (κ1) is 12.5. The van der Waals surface area contributed by atoms with Crippen molar-refractivity contribution in [3.05, 3.63) is 0 Å². The van der Waals surface area contributed by atoms with Crippen LogP contribution < -0.4 is 5.32 Å². The number of methoxy groups -OCH3 is 1. The Morgan fingerprint density at radius 2 is 2.00 bits per heavy atom. The molecule has 0 fully saturated rings. The minimum absolute atomic E-state index is 0.256. The highest BCUT2D eigenvalue weighted by atomic mass is 16.5. The summed E-state index contributed by atoms with van der Waals surface area (Å²) in [5.41, 5.74) is -0.256. The zero-order valence-electron chi connectivity index (χ0n) is 9.35. The second kappa shape index (κ2) is 5.26. The van der Waals surface area contributed by atoms with Crippen LogP contribution in [0, 0.1) is 18.3 Å². The van der Waals surface area contributed by atoms with Crippen molar-refractivity contribution in [1.29, 1.82) is 0 Å². The molecule has 0 saturated heterocycles. The predicted octanol–water partition coefficient (Wildman–Crippen LogP) is 1.66. The summed E-state index contributed by atoms with van der Waals surface area (Å²) >= 11 is 0. The highest BCUT2D eigenvalue weighted by Gasteiger charge is 2.21. The van der Waals surface area contributed by atoms with Gasteiger partial charge in [0.2, 0.25) is 0 Å². The van der Waals surface area contributed by atoms with E-state index in [0.29, 0.717) is 18.6 Å². The first-order valence-electron chi connectivity index (χ1n) is 4.67. The predicted molar refractivity (Wildman–Crippen MR) is 56.5 cm³/mol. The highest BCUT2D eigenvalue weighted by molar-refractivity contribution is 5.08. The van der Waals surface area contributed by atoms with E-state index in [-0.39, 0.29) is 5.54 Å². The third-order valence-electron chi connectivity index (χ3n) is 2.06. The molecule has 2 heteroatoms. The maximum absolute atomic E-state index is 5.40. The molecule has 0 radical (unpaired) electrons. The summed E-state index contributed by atoms with van der Waals surface area (Å²) in [4.78, 5) is 0. The van der Waals surface area contributed by atoms with Gasteiger partial charge >= 0.3 is 0 Å². The van der Waals surface area contributed by atoms with E-state index >= 15 is 0 Å². The molecule has 0 aromatic rings. The van der Waals surface area contributed by atoms with Crippen LogP contribution in [0.15, 0.2) is 0 Å². The van der Waals surface area contributed by atoms with Gasteiger partial charge in [-0.1, -0.05) is 19.8 Å². The number of nitrogens with one attached hydrogen (secondary N) is 1. The quantitative estimate of drug-likeness (QED) is 0.654. The van der Waals surface area contributed by atoms with Crippen molar-refractivity contribution in [2.24, 2.45) is 5.92 Å². The molecule has 0 aliphatic rings. The van der Waals surface area contributed by atoms with Crippen LogP contribution in [-0.2, 0) is 4.74 Å². The molecule has 0 amide bonds. The van der Waals surface area contributed by atoms with Gasteiger partial charge < -0.3 is 4.74 Å². The molecule has 0 aliphatic heterocycles. The summed E-state index contributed by atoms with van der Waals surface area (Å²) in [5, 5.41) is 3.38. The Hall–Kier alpha value is -0.520. The molecule has 2 nitrogen and oxygen atoms in total. The number of hydrogen-bond acceptors (Lipinski definition) is 2. The molecule has 1 unspecified atom stereocenters. The lowest BCUT2D eigenvalue weighted by atomic mass is 9.99. The van der Waals surface area contributed by atoms with Crippen LogP contribution in [0.2, 0.25) is 0 Å². The van der Waals surface area contributed by atoms with E-state index in [9.17, 15) is 0 Å². The molecule has 0 saturated carbocycles. The van der Waals surface area contributed by atoms with Crippen LogP contribution in [0.5, 0.6) is 0 Å². The smallest absolute Gasteiger partial charge is 0.0744 e. The molecule has 0 bridgehead atoms. The minimum Gasteiger partial charge on any atom is -0.383 e. The zero-order chi connectivity index (χ0) is 10.5. The normalized spacial score (nSPS) is 14.2. The summed E-state index contributed by atoms with van der Waals surface area (Å²) in [6.45, 7) is 9.01. The van der Waals surface area contributed by atoms with Crippen molar-refractivity contribution in [1.82, 2.24) is 5.32 Å². The third kappa shape index (κ3) is 4.92. The van der Waals surface area contributed by atoms with Crippen molar-refractivity contribution in [2.75, 3.05) is 13.7 Å². The average Bonchev–Trinajstić information content (AvgIpc) is 2.03. The van der Waals surface area contributed by atoms with Crippen molar-refractivity contribution in [3.63, 3.8) is 0 Å². The van der Waals surface area contributed by atoms with Crippen molar-refractivity contribution in [2.45, 2.75) is 39.3 Å². The first-order valence-corrected chi connectivity index (χ1v) is 4.67. The Labute approximate surface area is 82.1 Å². The van der Waals surface area contributed by atoms with E-state index in [1.807, 2.05) is 13.8 Å². The van der Waals surface area contributed by atoms with Crippen LogP contribution >= 0.6 is 0 Å². The van der Waals surface area contributed by atoms with E-state index in [2.05, 4.69) is 25.1 Å². The molecule has 0 heterocycles. The molecule has 0 aromatic heterocycles. The lowest BCUT2D eigenvalue weighted by Crippen LogP contribution is -2.49. The minimum atomic E-state index is -0.256. The van der Waals surface area contributed by atoms with Gasteiger partial charge in [-0.05, 0) is 19.8 Å². The van der Waals surface area contributed by atoms with Gasteiger partial charge in [0.25, 0.3) is 0 Å². The number of ether oxygens (including phenoxy) is 1. The fourth-order valence-electron chi connectivity index (χ4n) is 1.09. The SMILES string of the molecule is C#CC(C)(C)NC(COC)C(C)C. The summed E-state index contributed by atoms with van der Waals surface area (Å²) in [5.74, 6) is 3.24. The van der Waals surface area contributed by atoms with Crippen LogP contribution in [-0.4, -0.2) is 25.3 Å². The second-order valence-electron chi connectivity index (χ2n) is 4.22. The van der Waals surface area contributed by atoms with Crippen molar-refractivity contribution >= 4 is 0 Å². The van der Waals surface area contributed by atoms with Crippen LogP contribution in [0.4, 0.5) is 0 Å². The Kier molecular flexibility index (Phi) is 5.05. The van der Waals surface area contributed by atoms with Crippen LogP contribution in [0.25, 0.3) is 0 Å². The zero-order valence-corrected chi connectivity index (χ0v) is 9.35. The Bertz CT molecular complexity index is 179. The van der Waals surface area contributed by atoms with Gasteiger partial charge in [-0.25, -0.2) is 0 Å². The number of terminal acetylenes is 1. The van der Waals surface area contributed by atoms with Gasteiger partial charge in [-0.2, -0.15) is 0 Å². The molecule has 1 atom stereocenters. The summed E-state index contributed by atoms with van der Waals surface area (Å²) in [6, 6.07) is 0.316. The molecular weight excluding hydrogens is 162 g/mol. The fraction of sp³-hybridized carbons (Fsp3) is 0.818. The Morgan fingerprint density at radius 1 is 1.46 bits per heavy atom. The van der Waals surface area contributed by atoms with E-state index in [4.69, 9.17) is 11.2 Å². The van der Waals surface area contributed by atoms with Crippen molar-refractivity contribution in [3.8, 4) is 12.3 Å². The van der Waals surface area contributed by atoms with Crippen LogP contribution in [0.1, 0.15) is 27.7 Å². The van der Waals surface area contributed by atoms with Crippen LogP contribution in [0.3, 0.4) is 0 Å². The molecular formula is C11H21NO. The Balaban J connectivity index is 4.19. The summed E-state index contributed by atoms with van der Waals surface area (Å²) in [7, 11) is 1.71. The molecule has 13 heavy (non-hydrogen) atoms. The van der Waals surface area contributed by atoms with Gasteiger partial charge in [-0.15, -0.1) is 6.42 Å². The van der Waals surface area contributed by atoms with E-state index in [0.717, 1.165) is 0 Å². The standard InChI is InChI=1S/C11H21NO/c1-7-11(4,5)12-10(8-13-6)9(2)3/h1,9-10,12H,8H2,2-6H3. The number of hydrogen-bond donors (Lipinski definition) is 1. The van der Waals surface area contributed by atoms with E-state index in [1.54, 1.807) is 7.11 Å². The largest absolute Gasteiger partial charge is 0.383 e. The Morgan fingerprint density at radius 3 is 2.31 bits per heavy atom. The lowest BCUT2D eigenvalue weighted by molar-refractivity contribution is 0.137. The van der Waals surface area contributed by atoms with Gasteiger partial charge in [0.15, 0.2) is 0 Å². The molecule has 1 N–H and O–H groups in total. The maximum atomic E-state index is 5.40. The lowest BCUT2D eigenvalue weighted by Gasteiger charge is -2.29. The highest BCUT2D eigenvalue weighted by Crippen LogP contribution is 2.08. The van der Waals surface area contributed by atoms with Gasteiger partial charge in [0, 0.05) is 13.2 Å². The fourth-order valence-corrected chi connectivity index (χ4v) is 1.09. The van der Waals surface area contributed by atoms with E-state index in [1.165, 1.54) is 0 Å². The maximum Gasteiger partial charge on any atom is 0.0744 e. The molecule has 0 aromatic carbocycles. The first-order chi connectivity index (χ1) is 5.93. The average molecular weight is 183 g/mol.